The number of hydrogen-bond donors (Lipinski definition) is 2. The first-order valence-electron chi connectivity index (χ1n) is 5.87. The number of benzene rings is 1. The van der Waals surface area contributed by atoms with E-state index in [0.717, 1.165) is 12.2 Å². The number of ether oxygens (including phenoxy) is 1. The van der Waals surface area contributed by atoms with Gasteiger partial charge in [-0.2, -0.15) is 0 Å². The summed E-state index contributed by atoms with van der Waals surface area (Å²) in [5.41, 5.74) is 2.02. The first-order valence-corrected chi connectivity index (χ1v) is 5.87. The van der Waals surface area contributed by atoms with Crippen LogP contribution in [0.2, 0.25) is 0 Å². The van der Waals surface area contributed by atoms with E-state index in [1.54, 1.807) is 0 Å². The molecular formula is C13H21ClN2O2. The van der Waals surface area contributed by atoms with Gasteiger partial charge in [0.1, 0.15) is 0 Å². The van der Waals surface area contributed by atoms with E-state index >= 15 is 0 Å². The van der Waals surface area contributed by atoms with E-state index in [2.05, 4.69) is 10.6 Å². The number of carbonyl (C=O) groups excluding carboxylic acids is 1. The lowest BCUT2D eigenvalue weighted by Crippen LogP contribution is -2.14. The molecule has 0 fully saturated rings. The van der Waals surface area contributed by atoms with Gasteiger partial charge in [0.2, 0.25) is 5.91 Å². The molecule has 5 heteroatoms. The topological polar surface area (TPSA) is 50.4 Å². The van der Waals surface area contributed by atoms with Crippen molar-refractivity contribution in [3.63, 3.8) is 0 Å². The van der Waals surface area contributed by atoms with Gasteiger partial charge in [0.25, 0.3) is 0 Å². The second-order valence-electron chi connectivity index (χ2n) is 3.72. The number of hydrogen-bond acceptors (Lipinski definition) is 3. The lowest BCUT2D eigenvalue weighted by molar-refractivity contribution is -0.117. The summed E-state index contributed by atoms with van der Waals surface area (Å²) in [6.45, 7) is 3.86. The highest BCUT2D eigenvalue weighted by atomic mass is 35.5. The predicted octanol–water partition coefficient (Wildman–Crippen LogP) is 2.19. The summed E-state index contributed by atoms with van der Waals surface area (Å²) in [6, 6.07) is 7.81. The Kier molecular flexibility index (Phi) is 9.28. The number of carbonyl (C=O) groups is 1. The minimum atomic E-state index is -0.0141. The third kappa shape index (κ3) is 6.59. The van der Waals surface area contributed by atoms with E-state index in [-0.39, 0.29) is 18.3 Å². The van der Waals surface area contributed by atoms with Gasteiger partial charge in [-0.1, -0.05) is 12.1 Å². The van der Waals surface area contributed by atoms with Gasteiger partial charge in [-0.3, -0.25) is 4.79 Å². The number of amides is 1. The molecule has 4 nitrogen and oxygen atoms in total. The van der Waals surface area contributed by atoms with Gasteiger partial charge < -0.3 is 15.4 Å². The van der Waals surface area contributed by atoms with Crippen LogP contribution in [0.1, 0.15) is 18.9 Å². The molecule has 0 radical (unpaired) electrons. The summed E-state index contributed by atoms with van der Waals surface area (Å²) >= 11 is 0. The van der Waals surface area contributed by atoms with Crippen molar-refractivity contribution in [2.45, 2.75) is 19.9 Å². The Balaban J connectivity index is 0.00000289. The highest BCUT2D eigenvalue weighted by Gasteiger charge is 2.01. The summed E-state index contributed by atoms with van der Waals surface area (Å²) < 4.78 is 5.12. The van der Waals surface area contributed by atoms with Gasteiger partial charge in [-0.25, -0.2) is 0 Å². The minimum absolute atomic E-state index is 0. The fourth-order valence-electron chi connectivity index (χ4n) is 1.44. The molecule has 0 atom stereocenters. The third-order valence-electron chi connectivity index (χ3n) is 2.30. The van der Waals surface area contributed by atoms with E-state index in [1.165, 1.54) is 5.56 Å². The third-order valence-corrected chi connectivity index (χ3v) is 2.30. The molecule has 0 saturated heterocycles. The molecular weight excluding hydrogens is 252 g/mol. The summed E-state index contributed by atoms with van der Waals surface area (Å²) in [6.07, 6.45) is 0.395. The summed E-state index contributed by atoms with van der Waals surface area (Å²) in [4.78, 5) is 11.5. The van der Waals surface area contributed by atoms with E-state index < -0.39 is 0 Å². The van der Waals surface area contributed by atoms with Crippen molar-refractivity contribution in [1.29, 1.82) is 0 Å². The van der Waals surface area contributed by atoms with Crippen molar-refractivity contribution < 1.29 is 9.53 Å². The van der Waals surface area contributed by atoms with Crippen molar-refractivity contribution in [3.05, 3.63) is 29.8 Å². The van der Waals surface area contributed by atoms with Crippen LogP contribution in [0.3, 0.4) is 0 Å². The SMILES string of the molecule is CCOCCC(=O)Nc1ccc(CNC)cc1.Cl. The first kappa shape index (κ1) is 16.9. The Labute approximate surface area is 115 Å². The van der Waals surface area contributed by atoms with Gasteiger partial charge in [0, 0.05) is 18.8 Å². The first-order chi connectivity index (χ1) is 8.26. The molecule has 0 aliphatic rings. The van der Waals surface area contributed by atoms with Crippen LogP contribution in [-0.4, -0.2) is 26.2 Å². The molecule has 1 aromatic rings. The monoisotopic (exact) mass is 272 g/mol. The predicted molar refractivity (Wildman–Crippen MR) is 76.2 cm³/mol. The van der Waals surface area contributed by atoms with E-state index in [9.17, 15) is 4.79 Å². The van der Waals surface area contributed by atoms with Crippen molar-refractivity contribution in [2.24, 2.45) is 0 Å². The average Bonchev–Trinajstić information content (AvgIpc) is 2.32. The molecule has 1 rings (SSSR count). The maximum atomic E-state index is 11.5. The molecule has 0 unspecified atom stereocenters. The van der Waals surface area contributed by atoms with Crippen molar-refractivity contribution in [1.82, 2.24) is 5.32 Å². The quantitative estimate of drug-likeness (QED) is 0.748. The molecule has 0 heterocycles. The van der Waals surface area contributed by atoms with Crippen LogP contribution in [0.15, 0.2) is 24.3 Å². The lowest BCUT2D eigenvalue weighted by atomic mass is 10.2. The largest absolute Gasteiger partial charge is 0.381 e. The Bertz CT molecular complexity index is 341. The number of nitrogens with one attached hydrogen (secondary N) is 2. The maximum Gasteiger partial charge on any atom is 0.226 e. The smallest absolute Gasteiger partial charge is 0.226 e. The highest BCUT2D eigenvalue weighted by Crippen LogP contribution is 2.09. The van der Waals surface area contributed by atoms with Crippen LogP contribution < -0.4 is 10.6 Å². The summed E-state index contributed by atoms with van der Waals surface area (Å²) in [7, 11) is 1.91. The molecule has 2 N–H and O–H groups in total. The zero-order valence-electron chi connectivity index (χ0n) is 10.9. The fraction of sp³-hybridized carbons (Fsp3) is 0.462. The minimum Gasteiger partial charge on any atom is -0.381 e. The molecule has 0 bridgehead atoms. The van der Waals surface area contributed by atoms with Crippen LogP contribution in [-0.2, 0) is 16.1 Å². The molecule has 102 valence electrons. The van der Waals surface area contributed by atoms with Gasteiger partial charge >= 0.3 is 0 Å². The van der Waals surface area contributed by atoms with Crippen LogP contribution >= 0.6 is 12.4 Å². The summed E-state index contributed by atoms with van der Waals surface area (Å²) in [5.74, 6) is -0.0141. The number of halogens is 1. The van der Waals surface area contributed by atoms with Gasteiger partial charge in [-0.15, -0.1) is 12.4 Å². The van der Waals surface area contributed by atoms with Gasteiger partial charge in [0.15, 0.2) is 0 Å². The lowest BCUT2D eigenvalue weighted by Gasteiger charge is -2.06. The molecule has 0 aliphatic carbocycles. The standard InChI is InChI=1S/C13H20N2O2.ClH/c1-3-17-9-8-13(16)15-12-6-4-11(5-7-12)10-14-2;/h4-7,14H,3,8-10H2,1-2H3,(H,15,16);1H. The summed E-state index contributed by atoms with van der Waals surface area (Å²) in [5, 5.41) is 5.91. The van der Waals surface area contributed by atoms with Crippen molar-refractivity contribution >= 4 is 24.0 Å². The van der Waals surface area contributed by atoms with Crippen LogP contribution in [0, 0.1) is 0 Å². The van der Waals surface area contributed by atoms with Gasteiger partial charge in [-0.05, 0) is 31.7 Å². The zero-order chi connectivity index (χ0) is 12.5. The normalized spacial score (nSPS) is 9.67. The van der Waals surface area contributed by atoms with Crippen molar-refractivity contribution in [3.8, 4) is 0 Å². The van der Waals surface area contributed by atoms with Crippen LogP contribution in [0.25, 0.3) is 0 Å². The second-order valence-corrected chi connectivity index (χ2v) is 3.72. The van der Waals surface area contributed by atoms with Gasteiger partial charge in [0.05, 0.1) is 13.0 Å². The van der Waals surface area contributed by atoms with E-state index in [0.29, 0.717) is 19.6 Å². The van der Waals surface area contributed by atoms with Crippen molar-refractivity contribution in [2.75, 3.05) is 25.6 Å². The Morgan fingerprint density at radius 1 is 1.28 bits per heavy atom. The van der Waals surface area contributed by atoms with Crippen LogP contribution in [0.4, 0.5) is 5.69 Å². The maximum absolute atomic E-state index is 11.5. The molecule has 0 saturated carbocycles. The average molecular weight is 273 g/mol. The number of anilines is 1. The molecule has 1 amide bonds. The van der Waals surface area contributed by atoms with E-state index in [1.807, 2.05) is 38.2 Å². The molecule has 1 aromatic carbocycles. The Morgan fingerprint density at radius 2 is 1.94 bits per heavy atom. The Hall–Kier alpha value is -1.10. The molecule has 0 aliphatic heterocycles. The fourth-order valence-corrected chi connectivity index (χ4v) is 1.44. The molecule has 0 aromatic heterocycles. The number of rotatable bonds is 7. The zero-order valence-corrected chi connectivity index (χ0v) is 11.7. The highest BCUT2D eigenvalue weighted by molar-refractivity contribution is 5.90. The Morgan fingerprint density at radius 3 is 2.50 bits per heavy atom. The molecule has 18 heavy (non-hydrogen) atoms. The molecule has 0 spiro atoms. The van der Waals surface area contributed by atoms with Crippen LogP contribution in [0.5, 0.6) is 0 Å². The second kappa shape index (κ2) is 9.88. The van der Waals surface area contributed by atoms with E-state index in [4.69, 9.17) is 4.74 Å².